The Kier molecular flexibility index (Phi) is 3.91. The van der Waals surface area contributed by atoms with Crippen molar-refractivity contribution in [3.63, 3.8) is 0 Å². The fraction of sp³-hybridized carbons (Fsp3) is 0.312. The maximum absolute atomic E-state index is 4.52. The molecule has 0 aliphatic rings. The lowest BCUT2D eigenvalue weighted by atomic mass is 10.3. The third-order valence-corrected chi connectivity index (χ3v) is 3.58. The monoisotopic (exact) mass is 296 g/mol. The van der Waals surface area contributed by atoms with E-state index in [0.29, 0.717) is 0 Å². The minimum absolute atomic E-state index is 0.758. The zero-order chi connectivity index (χ0) is 15.5. The molecule has 0 radical (unpaired) electrons. The number of nitrogens with one attached hydrogen (secondary N) is 1. The molecule has 0 saturated heterocycles. The molecule has 0 amide bonds. The average Bonchev–Trinajstić information content (AvgIpc) is 2.95. The van der Waals surface area contributed by atoms with Gasteiger partial charge in [0.2, 0.25) is 0 Å². The molecule has 0 aromatic carbocycles. The molecule has 3 aromatic heterocycles. The molecule has 0 saturated carbocycles. The summed E-state index contributed by atoms with van der Waals surface area (Å²) >= 11 is 0. The van der Waals surface area contributed by atoms with Gasteiger partial charge in [0.05, 0.1) is 0 Å². The smallest absolute Gasteiger partial charge is 0.138 e. The first-order valence-electron chi connectivity index (χ1n) is 7.50. The first kappa shape index (κ1) is 14.3. The van der Waals surface area contributed by atoms with E-state index in [-0.39, 0.29) is 0 Å². The molecule has 3 rings (SSSR count). The van der Waals surface area contributed by atoms with E-state index in [9.17, 15) is 0 Å². The van der Waals surface area contributed by atoms with E-state index < -0.39 is 0 Å². The van der Waals surface area contributed by atoms with Crippen LogP contribution in [0.25, 0.3) is 5.65 Å². The Labute approximate surface area is 129 Å². The second kappa shape index (κ2) is 6.01. The van der Waals surface area contributed by atoms with Crippen LogP contribution in [0.3, 0.4) is 0 Å². The Bertz CT molecular complexity index is 775. The van der Waals surface area contributed by atoms with Gasteiger partial charge in [0.15, 0.2) is 0 Å². The van der Waals surface area contributed by atoms with E-state index in [1.54, 1.807) is 6.20 Å². The topological polar surface area (TPSA) is 58.4 Å². The van der Waals surface area contributed by atoms with Crippen molar-refractivity contribution in [2.45, 2.75) is 20.8 Å². The number of nitrogens with zero attached hydrogens (tertiary/aromatic N) is 5. The third-order valence-electron chi connectivity index (χ3n) is 3.58. The van der Waals surface area contributed by atoms with Gasteiger partial charge in [-0.15, -0.1) is 0 Å². The van der Waals surface area contributed by atoms with Crippen molar-refractivity contribution in [2.75, 3.05) is 23.3 Å². The summed E-state index contributed by atoms with van der Waals surface area (Å²) in [4.78, 5) is 15.5. The minimum atomic E-state index is 0.758. The second-order valence-corrected chi connectivity index (χ2v) is 5.06. The molecule has 6 nitrogen and oxygen atoms in total. The predicted octanol–water partition coefficient (Wildman–Crippen LogP) is 3.02. The lowest BCUT2D eigenvalue weighted by molar-refractivity contribution is 0.835. The van der Waals surface area contributed by atoms with Crippen LogP contribution in [-0.4, -0.2) is 32.4 Å². The molecule has 0 unspecified atom stereocenters. The predicted molar refractivity (Wildman–Crippen MR) is 88.8 cm³/mol. The third kappa shape index (κ3) is 2.86. The van der Waals surface area contributed by atoms with Gasteiger partial charge >= 0.3 is 0 Å². The van der Waals surface area contributed by atoms with Gasteiger partial charge in [0.25, 0.3) is 0 Å². The van der Waals surface area contributed by atoms with E-state index in [0.717, 1.165) is 41.9 Å². The number of aryl methyl sites for hydroxylation is 1. The maximum Gasteiger partial charge on any atom is 0.138 e. The first-order valence-corrected chi connectivity index (χ1v) is 7.50. The highest BCUT2D eigenvalue weighted by molar-refractivity contribution is 5.63. The Hall–Kier alpha value is -2.63. The maximum atomic E-state index is 4.52. The van der Waals surface area contributed by atoms with Gasteiger partial charge in [-0.25, -0.2) is 15.0 Å². The number of pyridine rings is 1. The summed E-state index contributed by atoms with van der Waals surface area (Å²) in [5.41, 5.74) is 1.86. The van der Waals surface area contributed by atoms with Crippen LogP contribution in [0.4, 0.5) is 17.3 Å². The molecule has 0 aliphatic carbocycles. The van der Waals surface area contributed by atoms with Crippen molar-refractivity contribution in [1.29, 1.82) is 0 Å². The summed E-state index contributed by atoms with van der Waals surface area (Å²) in [6.07, 6.45) is 5.68. The molecule has 1 N–H and O–H groups in total. The van der Waals surface area contributed by atoms with E-state index in [2.05, 4.69) is 39.0 Å². The van der Waals surface area contributed by atoms with Crippen LogP contribution in [-0.2, 0) is 0 Å². The van der Waals surface area contributed by atoms with Gasteiger partial charge in [0, 0.05) is 49.5 Å². The summed E-state index contributed by atoms with van der Waals surface area (Å²) in [5, 5.41) is 3.34. The molecule has 22 heavy (non-hydrogen) atoms. The summed E-state index contributed by atoms with van der Waals surface area (Å²) in [5.74, 6) is 2.50. The largest absolute Gasteiger partial charge is 0.357 e. The van der Waals surface area contributed by atoms with E-state index in [1.165, 1.54) is 0 Å². The highest BCUT2D eigenvalue weighted by atomic mass is 15.2. The van der Waals surface area contributed by atoms with Crippen LogP contribution in [0, 0.1) is 6.92 Å². The quantitative estimate of drug-likeness (QED) is 0.784. The molecular weight excluding hydrogens is 276 g/mol. The number of fused-ring (bicyclic) bond motifs is 1. The van der Waals surface area contributed by atoms with E-state index >= 15 is 0 Å². The van der Waals surface area contributed by atoms with Gasteiger partial charge in [-0.3, -0.25) is 0 Å². The fourth-order valence-electron chi connectivity index (χ4n) is 2.46. The van der Waals surface area contributed by atoms with Crippen molar-refractivity contribution < 1.29 is 0 Å². The molecule has 3 aromatic rings. The Balaban J connectivity index is 1.90. The number of anilines is 3. The summed E-state index contributed by atoms with van der Waals surface area (Å²) in [7, 11) is 0. The summed E-state index contributed by atoms with van der Waals surface area (Å²) in [6, 6.07) is 5.98. The number of imidazole rings is 1. The van der Waals surface area contributed by atoms with Crippen LogP contribution in [0.2, 0.25) is 0 Å². The van der Waals surface area contributed by atoms with Crippen LogP contribution in [0.5, 0.6) is 0 Å². The SMILES string of the molecule is CCN(CC)c1cc(Nc2ccn3ccnc3c2)nc(C)n1. The van der Waals surface area contributed by atoms with Gasteiger partial charge in [-0.05, 0) is 26.8 Å². The van der Waals surface area contributed by atoms with E-state index in [4.69, 9.17) is 0 Å². The number of rotatable bonds is 5. The van der Waals surface area contributed by atoms with Crippen LogP contribution in [0.1, 0.15) is 19.7 Å². The molecule has 0 fully saturated rings. The molecule has 0 aliphatic heterocycles. The van der Waals surface area contributed by atoms with Crippen LogP contribution < -0.4 is 10.2 Å². The average molecular weight is 296 g/mol. The highest BCUT2D eigenvalue weighted by Crippen LogP contribution is 2.20. The zero-order valence-corrected chi connectivity index (χ0v) is 13.1. The minimum Gasteiger partial charge on any atom is -0.357 e. The van der Waals surface area contributed by atoms with Gasteiger partial charge in [-0.2, -0.15) is 0 Å². The van der Waals surface area contributed by atoms with Crippen molar-refractivity contribution >= 4 is 23.0 Å². The van der Waals surface area contributed by atoms with E-state index in [1.807, 2.05) is 41.9 Å². The standard InChI is InChI=1S/C16H20N6/c1-4-21(5-2)16-11-14(18-12(3)19-16)20-13-6-8-22-9-7-17-15(22)10-13/h6-11H,4-5H2,1-3H3,(H,18,19,20). The summed E-state index contributed by atoms with van der Waals surface area (Å²) in [6.45, 7) is 8.01. The van der Waals surface area contributed by atoms with Crippen molar-refractivity contribution in [3.8, 4) is 0 Å². The Morgan fingerprint density at radius 3 is 2.73 bits per heavy atom. The zero-order valence-electron chi connectivity index (χ0n) is 13.1. The number of hydrogen-bond acceptors (Lipinski definition) is 5. The van der Waals surface area contributed by atoms with Crippen molar-refractivity contribution in [2.24, 2.45) is 0 Å². The lowest BCUT2D eigenvalue weighted by Gasteiger charge is -2.20. The molecule has 0 spiro atoms. The fourth-order valence-corrected chi connectivity index (χ4v) is 2.46. The normalized spacial score (nSPS) is 10.9. The molecule has 6 heteroatoms. The highest BCUT2D eigenvalue weighted by Gasteiger charge is 2.08. The molecule has 114 valence electrons. The molecular formula is C16H20N6. The Morgan fingerprint density at radius 1 is 1.14 bits per heavy atom. The first-order chi connectivity index (χ1) is 10.7. The number of hydrogen-bond donors (Lipinski definition) is 1. The number of aromatic nitrogens is 4. The van der Waals surface area contributed by atoms with Crippen molar-refractivity contribution in [3.05, 3.63) is 42.6 Å². The molecule has 0 bridgehead atoms. The van der Waals surface area contributed by atoms with Gasteiger partial charge in [0.1, 0.15) is 23.1 Å². The van der Waals surface area contributed by atoms with Crippen molar-refractivity contribution in [1.82, 2.24) is 19.4 Å². The Morgan fingerprint density at radius 2 is 1.95 bits per heavy atom. The van der Waals surface area contributed by atoms with Gasteiger partial charge in [-0.1, -0.05) is 0 Å². The second-order valence-electron chi connectivity index (χ2n) is 5.06. The molecule has 0 atom stereocenters. The van der Waals surface area contributed by atoms with Crippen LogP contribution in [0.15, 0.2) is 36.8 Å². The lowest BCUT2D eigenvalue weighted by Crippen LogP contribution is -2.23. The summed E-state index contributed by atoms with van der Waals surface area (Å²) < 4.78 is 1.97. The molecule has 3 heterocycles. The van der Waals surface area contributed by atoms with Gasteiger partial charge < -0.3 is 14.6 Å². The van der Waals surface area contributed by atoms with Crippen LogP contribution >= 0.6 is 0 Å².